The van der Waals surface area contributed by atoms with Gasteiger partial charge in [0.2, 0.25) is 5.91 Å². The summed E-state index contributed by atoms with van der Waals surface area (Å²) >= 11 is 0. The highest BCUT2D eigenvalue weighted by Gasteiger charge is 2.32. The number of unbranched alkanes of at least 4 members (excludes halogenated alkanes) is 1. The first kappa shape index (κ1) is 20.7. The molecule has 0 saturated carbocycles. The number of carbonyl (C=O) groups excluding carboxylic acids is 3. The van der Waals surface area contributed by atoms with E-state index >= 15 is 0 Å². The minimum Gasteiger partial charge on any atom is -0.324 e. The van der Waals surface area contributed by atoms with Crippen molar-refractivity contribution in [3.8, 4) is 0 Å². The molecular weight excluding hydrogens is 392 g/mol. The van der Waals surface area contributed by atoms with Gasteiger partial charge in [-0.3, -0.25) is 24.3 Å². The van der Waals surface area contributed by atoms with Crippen LogP contribution in [0.25, 0.3) is 10.8 Å². The molecule has 1 aliphatic rings. The fourth-order valence-electron chi connectivity index (χ4n) is 3.78. The second-order valence-corrected chi connectivity index (χ2v) is 7.48. The summed E-state index contributed by atoms with van der Waals surface area (Å²) in [5, 5.41) is 7.24. The van der Waals surface area contributed by atoms with Gasteiger partial charge in [-0.25, -0.2) is 0 Å². The molecule has 1 aliphatic heterocycles. The van der Waals surface area contributed by atoms with E-state index in [1.54, 1.807) is 30.5 Å². The molecule has 3 aromatic rings. The smallest absolute Gasteiger partial charge is 0.261 e. The van der Waals surface area contributed by atoms with Crippen molar-refractivity contribution in [1.82, 2.24) is 15.2 Å². The van der Waals surface area contributed by atoms with Gasteiger partial charge in [0, 0.05) is 46.9 Å². The normalized spacial score (nSPS) is 13.0. The number of hydrogen-bond donors (Lipinski definition) is 2. The van der Waals surface area contributed by atoms with E-state index in [0.29, 0.717) is 40.7 Å². The molecular formula is C24H24N4O3. The number of nitrogens with one attached hydrogen (secondary N) is 2. The number of carbonyl (C=O) groups is 3. The Balaban J connectivity index is 1.54. The number of hydrogen-bond acceptors (Lipinski definition) is 5. The van der Waals surface area contributed by atoms with Crippen LogP contribution >= 0.6 is 0 Å². The van der Waals surface area contributed by atoms with E-state index in [2.05, 4.69) is 15.6 Å². The lowest BCUT2D eigenvalue weighted by Crippen LogP contribution is -2.40. The predicted molar refractivity (Wildman–Crippen MR) is 119 cm³/mol. The van der Waals surface area contributed by atoms with Gasteiger partial charge in [0.15, 0.2) is 0 Å². The molecule has 0 spiro atoms. The summed E-state index contributed by atoms with van der Waals surface area (Å²) in [6, 6.07) is 14.4. The summed E-state index contributed by atoms with van der Waals surface area (Å²) in [6.45, 7) is 3.02. The summed E-state index contributed by atoms with van der Waals surface area (Å²) in [7, 11) is 0. The van der Waals surface area contributed by atoms with Crippen LogP contribution in [-0.4, -0.2) is 40.7 Å². The number of aromatic nitrogens is 1. The van der Waals surface area contributed by atoms with Crippen LogP contribution in [0.5, 0.6) is 0 Å². The maximum atomic E-state index is 12.9. The molecule has 0 bridgehead atoms. The highest BCUT2D eigenvalue weighted by atomic mass is 16.2. The average molecular weight is 416 g/mol. The molecule has 0 aliphatic carbocycles. The number of rotatable bonds is 8. The Morgan fingerprint density at radius 1 is 1.00 bits per heavy atom. The maximum Gasteiger partial charge on any atom is 0.261 e. The van der Waals surface area contributed by atoms with Crippen LogP contribution in [-0.2, 0) is 11.3 Å². The van der Waals surface area contributed by atoms with Crippen LogP contribution in [0.15, 0.2) is 54.7 Å². The molecule has 158 valence electrons. The van der Waals surface area contributed by atoms with E-state index in [1.807, 2.05) is 31.2 Å². The van der Waals surface area contributed by atoms with Crippen LogP contribution in [0.4, 0.5) is 5.69 Å². The molecule has 0 radical (unpaired) electrons. The van der Waals surface area contributed by atoms with E-state index in [-0.39, 0.29) is 24.3 Å². The number of pyridine rings is 1. The molecule has 0 atom stereocenters. The van der Waals surface area contributed by atoms with E-state index in [1.165, 1.54) is 4.90 Å². The van der Waals surface area contributed by atoms with E-state index in [0.717, 1.165) is 18.5 Å². The third-order valence-electron chi connectivity index (χ3n) is 5.32. The van der Waals surface area contributed by atoms with Crippen LogP contribution < -0.4 is 10.6 Å². The second-order valence-electron chi connectivity index (χ2n) is 7.48. The summed E-state index contributed by atoms with van der Waals surface area (Å²) in [6.07, 6.45) is 3.37. The van der Waals surface area contributed by atoms with Gasteiger partial charge >= 0.3 is 0 Å². The van der Waals surface area contributed by atoms with Crippen molar-refractivity contribution in [1.29, 1.82) is 0 Å². The maximum absolute atomic E-state index is 12.9. The number of anilines is 1. The van der Waals surface area contributed by atoms with Gasteiger partial charge in [-0.2, -0.15) is 0 Å². The zero-order valence-electron chi connectivity index (χ0n) is 17.4. The molecule has 2 N–H and O–H groups in total. The SMILES string of the molecule is CCCCN1C(=O)c2cccc3c(NC(=O)CNCc4ccccn4)ccc(c23)C1=O. The molecule has 2 aromatic carbocycles. The number of amides is 3. The zero-order chi connectivity index (χ0) is 21.8. The van der Waals surface area contributed by atoms with Crippen molar-refractivity contribution in [3.05, 3.63) is 71.5 Å². The lowest BCUT2D eigenvalue weighted by Gasteiger charge is -2.27. The average Bonchev–Trinajstić information content (AvgIpc) is 2.79. The molecule has 3 amide bonds. The molecule has 2 heterocycles. The first-order chi connectivity index (χ1) is 15.1. The number of benzene rings is 2. The van der Waals surface area contributed by atoms with Crippen LogP contribution in [0.3, 0.4) is 0 Å². The third kappa shape index (κ3) is 4.18. The third-order valence-corrected chi connectivity index (χ3v) is 5.32. The highest BCUT2D eigenvalue weighted by Crippen LogP contribution is 2.34. The second kappa shape index (κ2) is 9.06. The zero-order valence-corrected chi connectivity index (χ0v) is 17.4. The first-order valence-corrected chi connectivity index (χ1v) is 10.4. The first-order valence-electron chi connectivity index (χ1n) is 10.4. The molecule has 0 fully saturated rings. The topological polar surface area (TPSA) is 91.4 Å². The fraction of sp³-hybridized carbons (Fsp3) is 0.250. The van der Waals surface area contributed by atoms with Crippen molar-refractivity contribution < 1.29 is 14.4 Å². The van der Waals surface area contributed by atoms with Gasteiger partial charge in [0.25, 0.3) is 11.8 Å². The van der Waals surface area contributed by atoms with Crippen LogP contribution in [0, 0.1) is 0 Å². The molecule has 7 nitrogen and oxygen atoms in total. The lowest BCUT2D eigenvalue weighted by molar-refractivity contribution is -0.115. The van der Waals surface area contributed by atoms with E-state index in [9.17, 15) is 14.4 Å². The molecule has 7 heteroatoms. The van der Waals surface area contributed by atoms with Crippen molar-refractivity contribution in [2.75, 3.05) is 18.4 Å². The number of nitrogens with zero attached hydrogens (tertiary/aromatic N) is 2. The van der Waals surface area contributed by atoms with Gasteiger partial charge in [0.05, 0.1) is 12.2 Å². The molecule has 0 unspecified atom stereocenters. The molecule has 1 aromatic heterocycles. The van der Waals surface area contributed by atoms with Gasteiger partial charge < -0.3 is 10.6 Å². The minimum absolute atomic E-state index is 0.113. The predicted octanol–water partition coefficient (Wildman–Crippen LogP) is 3.36. The largest absolute Gasteiger partial charge is 0.324 e. The van der Waals surface area contributed by atoms with Crippen molar-refractivity contribution in [2.45, 2.75) is 26.3 Å². The Morgan fingerprint density at radius 2 is 1.81 bits per heavy atom. The summed E-state index contributed by atoms with van der Waals surface area (Å²) in [5.74, 6) is -0.774. The van der Waals surface area contributed by atoms with Crippen molar-refractivity contribution >= 4 is 34.2 Å². The monoisotopic (exact) mass is 416 g/mol. The fourth-order valence-corrected chi connectivity index (χ4v) is 3.78. The van der Waals surface area contributed by atoms with Crippen LogP contribution in [0.1, 0.15) is 46.2 Å². The van der Waals surface area contributed by atoms with E-state index in [4.69, 9.17) is 0 Å². The molecule has 4 rings (SSSR count). The quantitative estimate of drug-likeness (QED) is 0.550. The summed E-state index contributed by atoms with van der Waals surface area (Å²) < 4.78 is 0. The standard InChI is InChI=1S/C24H24N4O3/c1-2-3-13-28-23(30)18-9-6-8-17-20(11-10-19(22(17)18)24(28)31)27-21(29)15-25-14-16-7-4-5-12-26-16/h4-12,25H,2-3,13-15H2,1H3,(H,27,29). The van der Waals surface area contributed by atoms with Gasteiger partial charge in [-0.15, -0.1) is 0 Å². The number of imide groups is 1. The Hall–Kier alpha value is -3.58. The highest BCUT2D eigenvalue weighted by molar-refractivity contribution is 6.27. The van der Waals surface area contributed by atoms with Gasteiger partial charge in [-0.05, 0) is 36.8 Å². The van der Waals surface area contributed by atoms with Crippen molar-refractivity contribution in [3.63, 3.8) is 0 Å². The molecule has 0 saturated heterocycles. The Morgan fingerprint density at radius 3 is 2.55 bits per heavy atom. The Kier molecular flexibility index (Phi) is 6.04. The van der Waals surface area contributed by atoms with Gasteiger partial charge in [0.1, 0.15) is 0 Å². The Labute approximate surface area is 180 Å². The van der Waals surface area contributed by atoms with Crippen LogP contribution in [0.2, 0.25) is 0 Å². The lowest BCUT2D eigenvalue weighted by atomic mass is 9.93. The summed E-state index contributed by atoms with van der Waals surface area (Å²) in [4.78, 5) is 43.9. The Bertz CT molecular complexity index is 1120. The minimum atomic E-state index is -0.281. The summed E-state index contributed by atoms with van der Waals surface area (Å²) in [5.41, 5.74) is 2.41. The van der Waals surface area contributed by atoms with Gasteiger partial charge in [-0.1, -0.05) is 31.5 Å². The molecule has 31 heavy (non-hydrogen) atoms. The van der Waals surface area contributed by atoms with E-state index < -0.39 is 0 Å². The van der Waals surface area contributed by atoms with Crippen molar-refractivity contribution in [2.24, 2.45) is 0 Å².